The smallest absolute Gasteiger partial charge is 0.268 e. The summed E-state index contributed by atoms with van der Waals surface area (Å²) < 4.78 is 1.51. The number of aromatic nitrogens is 3. The summed E-state index contributed by atoms with van der Waals surface area (Å²) in [6.45, 7) is 0.639. The highest BCUT2D eigenvalue weighted by molar-refractivity contribution is 7.09. The van der Waals surface area contributed by atoms with Crippen LogP contribution in [-0.2, 0) is 18.8 Å². The molecule has 0 aliphatic heterocycles. The van der Waals surface area contributed by atoms with E-state index in [1.165, 1.54) is 4.68 Å². The van der Waals surface area contributed by atoms with Gasteiger partial charge >= 0.3 is 0 Å². The number of alkyl halides is 1. The standard InChI is InChI=1S/C14H19ClN4OS/c1-18(2)12-7-14(20)19(16-9-12)6-4-3-5-13-17-11(8-15)10-21-13/h7,9-10H,3-6,8H2,1-2H3. The average Bonchev–Trinajstić information content (AvgIpc) is 2.92. The van der Waals surface area contributed by atoms with Crippen LogP contribution in [0.3, 0.4) is 0 Å². The Morgan fingerprint density at radius 2 is 2.19 bits per heavy atom. The number of anilines is 1. The number of rotatable bonds is 7. The van der Waals surface area contributed by atoms with Crippen LogP contribution in [0, 0.1) is 0 Å². The highest BCUT2D eigenvalue weighted by atomic mass is 35.5. The number of hydrogen-bond donors (Lipinski definition) is 0. The highest BCUT2D eigenvalue weighted by Gasteiger charge is 2.03. The fraction of sp³-hybridized carbons (Fsp3) is 0.500. The molecule has 0 bridgehead atoms. The second-order valence-corrected chi connectivity index (χ2v) is 6.20. The Balaban J connectivity index is 1.82. The predicted octanol–water partition coefficient (Wildman–Crippen LogP) is 2.53. The van der Waals surface area contributed by atoms with E-state index in [-0.39, 0.29) is 5.56 Å². The number of unbranched alkanes of at least 4 members (excludes halogenated alkanes) is 1. The Morgan fingerprint density at radius 1 is 1.38 bits per heavy atom. The molecule has 0 atom stereocenters. The Kier molecular flexibility index (Phi) is 5.76. The van der Waals surface area contributed by atoms with Gasteiger partial charge in [0.1, 0.15) is 0 Å². The molecule has 0 amide bonds. The molecule has 2 heterocycles. The van der Waals surface area contributed by atoms with Crippen LogP contribution in [0.4, 0.5) is 5.69 Å². The minimum atomic E-state index is -0.0557. The van der Waals surface area contributed by atoms with Crippen LogP contribution in [-0.4, -0.2) is 28.9 Å². The predicted molar refractivity (Wildman–Crippen MR) is 87.4 cm³/mol. The Bertz CT molecular complexity index is 638. The molecule has 114 valence electrons. The van der Waals surface area contributed by atoms with Crippen LogP contribution < -0.4 is 10.5 Å². The molecule has 2 rings (SSSR count). The van der Waals surface area contributed by atoms with Crippen LogP contribution in [0.15, 0.2) is 22.4 Å². The van der Waals surface area contributed by atoms with Gasteiger partial charge in [-0.25, -0.2) is 9.67 Å². The topological polar surface area (TPSA) is 51.0 Å². The van der Waals surface area contributed by atoms with Crippen molar-refractivity contribution in [3.63, 3.8) is 0 Å². The number of hydrogen-bond acceptors (Lipinski definition) is 5. The average molecular weight is 327 g/mol. The van der Waals surface area contributed by atoms with Gasteiger partial charge in [0.05, 0.1) is 28.5 Å². The van der Waals surface area contributed by atoms with E-state index < -0.39 is 0 Å². The number of aryl methyl sites for hydroxylation is 2. The zero-order valence-electron chi connectivity index (χ0n) is 12.3. The van der Waals surface area contributed by atoms with Gasteiger partial charge in [0.2, 0.25) is 0 Å². The van der Waals surface area contributed by atoms with Gasteiger partial charge in [-0.1, -0.05) is 0 Å². The first-order valence-electron chi connectivity index (χ1n) is 6.84. The lowest BCUT2D eigenvalue weighted by Crippen LogP contribution is -2.24. The fourth-order valence-electron chi connectivity index (χ4n) is 1.90. The van der Waals surface area contributed by atoms with Crippen molar-refractivity contribution < 1.29 is 0 Å². The minimum Gasteiger partial charge on any atom is -0.376 e. The number of nitrogens with zero attached hydrogens (tertiary/aromatic N) is 4. The second kappa shape index (κ2) is 7.56. The van der Waals surface area contributed by atoms with Crippen LogP contribution in [0.5, 0.6) is 0 Å². The van der Waals surface area contributed by atoms with E-state index in [1.54, 1.807) is 23.6 Å². The molecule has 0 unspecified atom stereocenters. The Hall–Kier alpha value is -1.40. The van der Waals surface area contributed by atoms with Crippen molar-refractivity contribution in [3.8, 4) is 0 Å². The molecule has 0 fully saturated rings. The lowest BCUT2D eigenvalue weighted by molar-refractivity contribution is 0.531. The summed E-state index contributed by atoms with van der Waals surface area (Å²) in [5.74, 6) is 0.466. The van der Waals surface area contributed by atoms with Crippen LogP contribution in [0.2, 0.25) is 0 Å². The van der Waals surface area contributed by atoms with Gasteiger partial charge in [-0.2, -0.15) is 5.10 Å². The van der Waals surface area contributed by atoms with Crippen LogP contribution in [0.25, 0.3) is 0 Å². The van der Waals surface area contributed by atoms with Gasteiger partial charge in [0.25, 0.3) is 5.56 Å². The molecular formula is C14H19ClN4OS. The molecule has 2 aromatic heterocycles. The van der Waals surface area contributed by atoms with E-state index in [1.807, 2.05) is 24.4 Å². The van der Waals surface area contributed by atoms with Gasteiger partial charge in [-0.3, -0.25) is 4.79 Å². The Morgan fingerprint density at radius 3 is 2.81 bits per heavy atom. The van der Waals surface area contributed by atoms with Crippen molar-refractivity contribution in [2.75, 3.05) is 19.0 Å². The van der Waals surface area contributed by atoms with Gasteiger partial charge in [-0.15, -0.1) is 22.9 Å². The maximum atomic E-state index is 11.9. The lowest BCUT2D eigenvalue weighted by atomic mass is 10.2. The van der Waals surface area contributed by atoms with Crippen LogP contribution >= 0.6 is 22.9 Å². The summed E-state index contributed by atoms with van der Waals surface area (Å²) >= 11 is 7.37. The minimum absolute atomic E-state index is 0.0557. The maximum absolute atomic E-state index is 11.9. The van der Waals surface area contributed by atoms with E-state index in [0.717, 1.165) is 35.7 Å². The van der Waals surface area contributed by atoms with Crippen molar-refractivity contribution in [3.05, 3.63) is 38.7 Å². The monoisotopic (exact) mass is 326 g/mol. The molecule has 0 aliphatic carbocycles. The van der Waals surface area contributed by atoms with E-state index in [4.69, 9.17) is 11.6 Å². The third kappa shape index (κ3) is 4.54. The third-order valence-corrected chi connectivity index (χ3v) is 4.35. The lowest BCUT2D eigenvalue weighted by Gasteiger charge is -2.12. The van der Waals surface area contributed by atoms with E-state index in [0.29, 0.717) is 12.4 Å². The molecule has 0 aromatic carbocycles. The molecule has 0 radical (unpaired) electrons. The van der Waals surface area contributed by atoms with E-state index in [2.05, 4.69) is 10.1 Å². The summed E-state index contributed by atoms with van der Waals surface area (Å²) in [7, 11) is 3.79. The molecule has 0 saturated carbocycles. The molecule has 2 aromatic rings. The van der Waals surface area contributed by atoms with Gasteiger partial charge in [0, 0.05) is 32.1 Å². The van der Waals surface area contributed by atoms with Gasteiger partial charge in [-0.05, 0) is 19.3 Å². The van der Waals surface area contributed by atoms with E-state index >= 15 is 0 Å². The highest BCUT2D eigenvalue weighted by Crippen LogP contribution is 2.14. The summed E-state index contributed by atoms with van der Waals surface area (Å²) in [5, 5.41) is 7.29. The summed E-state index contributed by atoms with van der Waals surface area (Å²) in [4.78, 5) is 18.2. The number of halogens is 1. The van der Waals surface area contributed by atoms with Crippen LogP contribution in [0.1, 0.15) is 23.5 Å². The third-order valence-electron chi connectivity index (χ3n) is 3.12. The quantitative estimate of drug-likeness (QED) is 0.579. The maximum Gasteiger partial charge on any atom is 0.268 e. The SMILES string of the molecule is CN(C)c1cnn(CCCCc2nc(CCl)cs2)c(=O)c1. The molecule has 21 heavy (non-hydrogen) atoms. The largest absolute Gasteiger partial charge is 0.376 e. The first-order chi connectivity index (χ1) is 10.1. The normalized spacial score (nSPS) is 10.8. The zero-order valence-corrected chi connectivity index (χ0v) is 13.8. The number of thiazole rings is 1. The van der Waals surface area contributed by atoms with Gasteiger partial charge < -0.3 is 4.90 Å². The summed E-state index contributed by atoms with van der Waals surface area (Å²) in [6.07, 6.45) is 4.53. The molecule has 0 N–H and O–H groups in total. The van der Waals surface area contributed by atoms with Gasteiger partial charge in [0.15, 0.2) is 0 Å². The second-order valence-electron chi connectivity index (χ2n) is 4.99. The van der Waals surface area contributed by atoms with Crippen molar-refractivity contribution >= 4 is 28.6 Å². The van der Waals surface area contributed by atoms with Crippen molar-refractivity contribution in [1.82, 2.24) is 14.8 Å². The van der Waals surface area contributed by atoms with E-state index in [9.17, 15) is 4.79 Å². The van der Waals surface area contributed by atoms with Crippen molar-refractivity contribution in [2.45, 2.75) is 31.7 Å². The molecule has 7 heteroatoms. The molecular weight excluding hydrogens is 308 g/mol. The van der Waals surface area contributed by atoms with Crippen molar-refractivity contribution in [2.24, 2.45) is 0 Å². The zero-order chi connectivity index (χ0) is 15.2. The fourth-order valence-corrected chi connectivity index (χ4v) is 2.97. The molecule has 0 saturated heterocycles. The molecule has 0 aliphatic rings. The van der Waals surface area contributed by atoms with Crippen molar-refractivity contribution in [1.29, 1.82) is 0 Å². The Labute approximate surface area is 133 Å². The summed E-state index contributed by atoms with van der Waals surface area (Å²) in [5.41, 5.74) is 1.71. The molecule has 5 nitrogen and oxygen atoms in total. The summed E-state index contributed by atoms with van der Waals surface area (Å²) in [6, 6.07) is 1.61. The first kappa shape index (κ1) is 16.0. The molecule has 0 spiro atoms. The first-order valence-corrected chi connectivity index (χ1v) is 8.25.